The van der Waals surface area contributed by atoms with E-state index in [1.54, 1.807) is 59.9 Å². The van der Waals surface area contributed by atoms with Crippen molar-refractivity contribution in [2.45, 2.75) is 37.2 Å². The summed E-state index contributed by atoms with van der Waals surface area (Å²) < 4.78 is 27.0. The van der Waals surface area contributed by atoms with Gasteiger partial charge in [-0.2, -0.15) is 11.3 Å². The molecule has 1 heterocycles. The van der Waals surface area contributed by atoms with Crippen molar-refractivity contribution >= 4 is 33.0 Å². The summed E-state index contributed by atoms with van der Waals surface area (Å²) in [5.41, 5.74) is 3.23. The molecule has 1 fully saturated rings. The number of aryl methyl sites for hydroxylation is 1. The van der Waals surface area contributed by atoms with Crippen molar-refractivity contribution < 1.29 is 13.2 Å². The third-order valence-electron chi connectivity index (χ3n) is 5.34. The first-order chi connectivity index (χ1) is 14.4. The highest BCUT2D eigenvalue weighted by molar-refractivity contribution is 7.92. The van der Waals surface area contributed by atoms with E-state index in [9.17, 15) is 13.2 Å². The van der Waals surface area contributed by atoms with E-state index in [1.165, 1.54) is 11.4 Å². The van der Waals surface area contributed by atoms with Crippen molar-refractivity contribution in [3.8, 4) is 0 Å². The fourth-order valence-corrected chi connectivity index (χ4v) is 5.17. The summed E-state index contributed by atoms with van der Waals surface area (Å²) in [5.74, 6) is -0.0145. The van der Waals surface area contributed by atoms with E-state index in [2.05, 4.69) is 5.38 Å². The van der Waals surface area contributed by atoms with Gasteiger partial charge >= 0.3 is 0 Å². The predicted octanol–water partition coefficient (Wildman–Crippen LogP) is 4.69. The van der Waals surface area contributed by atoms with E-state index < -0.39 is 10.0 Å². The molecule has 7 heteroatoms. The van der Waals surface area contributed by atoms with Crippen LogP contribution in [0, 0.1) is 6.92 Å². The van der Waals surface area contributed by atoms with Crippen LogP contribution in [0.4, 0.5) is 5.69 Å². The Balaban J connectivity index is 1.53. The largest absolute Gasteiger partial charge is 0.331 e. The second-order valence-electron chi connectivity index (χ2n) is 7.63. The van der Waals surface area contributed by atoms with Gasteiger partial charge in [-0.1, -0.05) is 17.7 Å². The fourth-order valence-electron chi connectivity index (χ4n) is 3.32. The highest BCUT2D eigenvalue weighted by Crippen LogP contribution is 2.31. The molecule has 0 bridgehead atoms. The summed E-state index contributed by atoms with van der Waals surface area (Å²) in [6.07, 6.45) is 2.07. The van der Waals surface area contributed by atoms with Gasteiger partial charge in [0, 0.05) is 25.2 Å². The SMILES string of the molecule is Cc1ccc(S(=O)(=O)N(C)c2ccc(C(=O)N(Cc3ccsc3)C3CC3)cc2)cc1. The smallest absolute Gasteiger partial charge is 0.264 e. The van der Waals surface area contributed by atoms with Crippen molar-refractivity contribution in [2.24, 2.45) is 0 Å². The van der Waals surface area contributed by atoms with Crippen LogP contribution in [0.5, 0.6) is 0 Å². The summed E-state index contributed by atoms with van der Waals surface area (Å²) in [6.45, 7) is 2.52. The number of benzene rings is 2. The lowest BCUT2D eigenvalue weighted by Crippen LogP contribution is -2.32. The minimum absolute atomic E-state index is 0.0145. The first-order valence-electron chi connectivity index (χ1n) is 9.84. The quantitative estimate of drug-likeness (QED) is 0.536. The molecule has 1 saturated carbocycles. The first-order valence-corrected chi connectivity index (χ1v) is 12.2. The number of carbonyl (C=O) groups is 1. The number of nitrogens with zero attached hydrogens (tertiary/aromatic N) is 2. The molecule has 4 rings (SSSR count). The normalized spacial score (nSPS) is 13.8. The molecule has 30 heavy (non-hydrogen) atoms. The molecule has 1 aliphatic rings. The number of hydrogen-bond donors (Lipinski definition) is 0. The molecule has 0 atom stereocenters. The molecule has 156 valence electrons. The lowest BCUT2D eigenvalue weighted by atomic mass is 10.1. The van der Waals surface area contributed by atoms with E-state index in [-0.39, 0.29) is 10.8 Å². The van der Waals surface area contributed by atoms with Crippen molar-refractivity contribution in [2.75, 3.05) is 11.4 Å². The van der Waals surface area contributed by atoms with Gasteiger partial charge in [0.2, 0.25) is 0 Å². The third kappa shape index (κ3) is 4.27. The number of rotatable bonds is 7. The van der Waals surface area contributed by atoms with Gasteiger partial charge in [-0.25, -0.2) is 8.42 Å². The summed E-state index contributed by atoms with van der Waals surface area (Å²) in [6, 6.07) is 15.9. The first kappa shape index (κ1) is 20.6. The zero-order valence-electron chi connectivity index (χ0n) is 17.0. The standard InChI is InChI=1S/C23H24N2O3S2/c1-17-3-11-22(12-4-17)30(27,28)24(2)20-7-5-19(6-8-20)23(26)25(21-9-10-21)15-18-13-14-29-16-18/h3-8,11-14,16,21H,9-10,15H2,1-2H3. The van der Waals surface area contributed by atoms with Crippen LogP contribution in [0.2, 0.25) is 0 Å². The van der Waals surface area contributed by atoms with Crippen molar-refractivity contribution in [3.05, 3.63) is 82.0 Å². The van der Waals surface area contributed by atoms with Gasteiger partial charge in [-0.3, -0.25) is 9.10 Å². The van der Waals surface area contributed by atoms with E-state index in [0.717, 1.165) is 24.0 Å². The van der Waals surface area contributed by atoms with Gasteiger partial charge in [0.15, 0.2) is 0 Å². The Labute approximate surface area is 181 Å². The molecule has 0 saturated heterocycles. The summed E-state index contributed by atoms with van der Waals surface area (Å²) in [4.78, 5) is 15.2. The van der Waals surface area contributed by atoms with Crippen LogP contribution >= 0.6 is 11.3 Å². The molecule has 1 aromatic heterocycles. The van der Waals surface area contributed by atoms with Crippen molar-refractivity contribution in [1.29, 1.82) is 0 Å². The highest BCUT2D eigenvalue weighted by atomic mass is 32.2. The van der Waals surface area contributed by atoms with Crippen LogP contribution in [0.15, 0.2) is 70.3 Å². The number of anilines is 1. The highest BCUT2D eigenvalue weighted by Gasteiger charge is 2.33. The van der Waals surface area contributed by atoms with Gasteiger partial charge in [0.25, 0.3) is 15.9 Å². The maximum atomic E-state index is 13.1. The monoisotopic (exact) mass is 440 g/mol. The lowest BCUT2D eigenvalue weighted by molar-refractivity contribution is 0.0730. The van der Waals surface area contributed by atoms with Crippen LogP contribution in [-0.4, -0.2) is 32.3 Å². The van der Waals surface area contributed by atoms with Gasteiger partial charge in [0.05, 0.1) is 10.6 Å². The Hall–Kier alpha value is -2.64. The molecule has 0 aliphatic heterocycles. The lowest BCUT2D eigenvalue weighted by Gasteiger charge is -2.23. The Morgan fingerprint density at radius 3 is 2.27 bits per heavy atom. The van der Waals surface area contributed by atoms with Gasteiger partial charge < -0.3 is 4.90 Å². The average Bonchev–Trinajstić information content (AvgIpc) is 3.46. The Morgan fingerprint density at radius 1 is 1.03 bits per heavy atom. The number of thiophene rings is 1. The van der Waals surface area contributed by atoms with Crippen LogP contribution < -0.4 is 4.31 Å². The number of carbonyl (C=O) groups excluding carboxylic acids is 1. The summed E-state index contributed by atoms with van der Waals surface area (Å²) >= 11 is 1.63. The molecule has 0 unspecified atom stereocenters. The second-order valence-corrected chi connectivity index (χ2v) is 10.4. The van der Waals surface area contributed by atoms with Crippen LogP contribution in [0.25, 0.3) is 0 Å². The number of hydrogen-bond acceptors (Lipinski definition) is 4. The van der Waals surface area contributed by atoms with Crippen molar-refractivity contribution in [3.63, 3.8) is 0 Å². The van der Waals surface area contributed by atoms with E-state index in [1.807, 2.05) is 23.3 Å². The number of amides is 1. The minimum Gasteiger partial charge on any atom is -0.331 e. The third-order valence-corrected chi connectivity index (χ3v) is 7.87. The zero-order chi connectivity index (χ0) is 21.3. The molecule has 3 aromatic rings. The van der Waals surface area contributed by atoms with E-state index in [0.29, 0.717) is 23.8 Å². The number of sulfonamides is 1. The molecule has 1 amide bonds. The van der Waals surface area contributed by atoms with E-state index >= 15 is 0 Å². The van der Waals surface area contributed by atoms with Crippen LogP contribution in [0.3, 0.4) is 0 Å². The molecule has 5 nitrogen and oxygen atoms in total. The molecular weight excluding hydrogens is 416 g/mol. The maximum Gasteiger partial charge on any atom is 0.264 e. The Morgan fingerprint density at radius 2 is 1.70 bits per heavy atom. The van der Waals surface area contributed by atoms with Crippen LogP contribution in [0.1, 0.15) is 34.3 Å². The second kappa shape index (κ2) is 8.24. The van der Waals surface area contributed by atoms with E-state index in [4.69, 9.17) is 0 Å². The topological polar surface area (TPSA) is 57.7 Å². The average molecular weight is 441 g/mol. The maximum absolute atomic E-state index is 13.1. The summed E-state index contributed by atoms with van der Waals surface area (Å²) in [7, 11) is -2.13. The molecule has 2 aromatic carbocycles. The Kier molecular flexibility index (Phi) is 5.66. The Bertz CT molecular complexity index is 1120. The molecular formula is C23H24N2O3S2. The fraction of sp³-hybridized carbons (Fsp3) is 0.261. The molecule has 0 N–H and O–H groups in total. The van der Waals surface area contributed by atoms with Gasteiger partial charge in [-0.15, -0.1) is 0 Å². The van der Waals surface area contributed by atoms with Gasteiger partial charge in [-0.05, 0) is 78.6 Å². The summed E-state index contributed by atoms with van der Waals surface area (Å²) in [5, 5.41) is 4.08. The zero-order valence-corrected chi connectivity index (χ0v) is 18.6. The van der Waals surface area contributed by atoms with Crippen LogP contribution in [-0.2, 0) is 16.6 Å². The predicted molar refractivity (Wildman–Crippen MR) is 120 cm³/mol. The molecule has 0 radical (unpaired) electrons. The molecule has 1 aliphatic carbocycles. The minimum atomic E-state index is -3.66. The molecule has 0 spiro atoms. The van der Waals surface area contributed by atoms with Crippen molar-refractivity contribution in [1.82, 2.24) is 4.90 Å². The van der Waals surface area contributed by atoms with Gasteiger partial charge in [0.1, 0.15) is 0 Å².